The van der Waals surface area contributed by atoms with Gasteiger partial charge in [0.2, 0.25) is 0 Å². The zero-order valence-electron chi connectivity index (χ0n) is 36.3. The summed E-state index contributed by atoms with van der Waals surface area (Å²) in [6.45, 7) is 10.1. The average Bonchev–Trinajstić information content (AvgIpc) is 4.13. The van der Waals surface area contributed by atoms with Crippen LogP contribution < -0.4 is 0 Å². The molecule has 0 atom stereocenters. The first-order valence-electron chi connectivity index (χ1n) is 21.7. The van der Waals surface area contributed by atoms with Crippen molar-refractivity contribution >= 4 is 53.2 Å². The van der Waals surface area contributed by atoms with Gasteiger partial charge in [-0.15, -0.1) is 93.9 Å². The van der Waals surface area contributed by atoms with E-state index in [1.807, 2.05) is 0 Å². The van der Waals surface area contributed by atoms with Gasteiger partial charge in [-0.1, -0.05) is 92.1 Å². The van der Waals surface area contributed by atoms with Crippen LogP contribution in [0.3, 0.4) is 0 Å². The molecule has 4 aliphatic rings. The van der Waals surface area contributed by atoms with Crippen molar-refractivity contribution in [3.8, 4) is 22.3 Å². The number of rotatable bonds is 8. The fraction of sp³-hybridized carbons (Fsp3) is 0.407. The van der Waals surface area contributed by atoms with Crippen molar-refractivity contribution in [1.29, 1.82) is 0 Å². The number of halogens is 5. The maximum absolute atomic E-state index is 10.7. The molecule has 326 valence electrons. The third-order valence-electron chi connectivity index (χ3n) is 14.2. The predicted octanol–water partition coefficient (Wildman–Crippen LogP) is 16.5. The van der Waals surface area contributed by atoms with Gasteiger partial charge >= 0.3 is 36.4 Å². The molecule has 0 aromatic heterocycles. The molecule has 2 radical (unpaired) electrons. The second-order valence-electron chi connectivity index (χ2n) is 18.0. The molecule has 4 fully saturated rings. The molecule has 61 heavy (non-hydrogen) atoms. The third kappa shape index (κ3) is 12.2. The zero-order valence-corrected chi connectivity index (χ0v) is 41.4. The first kappa shape index (κ1) is 51.2. The van der Waals surface area contributed by atoms with E-state index in [4.69, 9.17) is 0 Å². The van der Waals surface area contributed by atoms with E-state index in [-0.39, 0.29) is 32.2 Å². The summed E-state index contributed by atoms with van der Waals surface area (Å²) in [5, 5.41) is 5.70. The molecule has 0 saturated heterocycles. The number of fused-ring (bicyclic) bond motifs is 6. The van der Waals surface area contributed by atoms with Crippen molar-refractivity contribution in [2.75, 3.05) is 0 Å². The fourth-order valence-corrected chi connectivity index (χ4v) is 11.1. The van der Waals surface area contributed by atoms with E-state index in [9.17, 15) is 13.2 Å². The first-order valence-corrected chi connectivity index (χ1v) is 25.9. The van der Waals surface area contributed by atoms with E-state index < -0.39 is 12.6 Å². The number of alkyl halides is 3. The van der Waals surface area contributed by atoms with Crippen LogP contribution >= 0.6 is 24.8 Å². The van der Waals surface area contributed by atoms with Gasteiger partial charge in [0.05, 0.1) is 0 Å². The second kappa shape index (κ2) is 22.5. The van der Waals surface area contributed by atoms with Gasteiger partial charge in [-0.05, 0) is 135 Å². The van der Waals surface area contributed by atoms with Crippen molar-refractivity contribution in [3.63, 3.8) is 0 Å². The van der Waals surface area contributed by atoms with Crippen LogP contribution in [0.5, 0.6) is 0 Å². The topological polar surface area (TPSA) is 0 Å². The molecule has 0 aliphatic heterocycles. The summed E-state index contributed by atoms with van der Waals surface area (Å²) in [6, 6.07) is 41.7. The van der Waals surface area contributed by atoms with Crippen LogP contribution in [-0.2, 0) is 49.0 Å². The van der Waals surface area contributed by atoms with Crippen molar-refractivity contribution in [2.24, 2.45) is 22.7 Å². The van der Waals surface area contributed by atoms with Crippen molar-refractivity contribution in [3.05, 3.63) is 146 Å². The van der Waals surface area contributed by atoms with Crippen molar-refractivity contribution in [2.45, 2.75) is 116 Å². The Bertz CT molecular complexity index is 2100. The molecular weight excluding hydrogens is 896 g/mol. The number of aryl methyl sites for hydroxylation is 2. The van der Waals surface area contributed by atoms with Gasteiger partial charge in [0, 0.05) is 0 Å². The molecule has 0 nitrogen and oxygen atoms in total. The number of benzene rings is 4. The molecule has 0 N–H and O–H groups in total. The van der Waals surface area contributed by atoms with E-state index in [0.29, 0.717) is 10.8 Å². The monoisotopic (exact) mass is 956 g/mol. The Balaban J connectivity index is 0.000000220. The minimum atomic E-state index is -4.07. The maximum atomic E-state index is 10.7. The summed E-state index contributed by atoms with van der Waals surface area (Å²) < 4.78 is 32.2. The molecule has 0 heterocycles. The summed E-state index contributed by atoms with van der Waals surface area (Å²) >= 11 is 1.36. The average molecular weight is 959 g/mol. The van der Waals surface area contributed by atoms with Crippen LogP contribution in [0.25, 0.3) is 43.8 Å². The summed E-state index contributed by atoms with van der Waals surface area (Å²) in [4.78, 5) is 0. The molecule has 4 aliphatic carbocycles. The van der Waals surface area contributed by atoms with Crippen LogP contribution in [0.15, 0.2) is 109 Å². The molecule has 0 spiro atoms. The number of hydrogen-bond acceptors (Lipinski definition) is 0. The van der Waals surface area contributed by atoms with E-state index in [1.54, 1.807) is 11.1 Å². The molecule has 6 aromatic rings. The van der Waals surface area contributed by atoms with Crippen LogP contribution in [0.4, 0.5) is 13.2 Å². The summed E-state index contributed by atoms with van der Waals surface area (Å²) in [5.74, 6) is 2.08. The van der Waals surface area contributed by atoms with Gasteiger partial charge in [-0.3, -0.25) is 0 Å². The molecule has 0 unspecified atom stereocenters. The van der Waals surface area contributed by atoms with Gasteiger partial charge in [0.25, 0.3) is 0 Å². The molecule has 4 saturated carbocycles. The molecular formula is C54H63Cl2F3SiZr-4. The predicted molar refractivity (Wildman–Crippen MR) is 257 cm³/mol. The summed E-state index contributed by atoms with van der Waals surface area (Å²) in [6.07, 6.45) is 14.5. The molecule has 7 heteroatoms. The normalized spacial score (nSPS) is 21.8. The summed E-state index contributed by atoms with van der Waals surface area (Å²) in [7, 11) is 0. The molecule has 0 amide bonds. The van der Waals surface area contributed by atoms with E-state index in [0.717, 1.165) is 24.7 Å². The Morgan fingerprint density at radius 2 is 0.967 bits per heavy atom. The molecule has 6 aromatic carbocycles. The molecule has 10 rings (SSSR count). The quantitative estimate of drug-likeness (QED) is 0.105. The fourth-order valence-electron chi connectivity index (χ4n) is 11.1. The SMILES string of the molecule is CCc1ccc(-c2cccc3[cH-]c(CC45CCC(CC4)C5)cc23)cc1.CCc1ccc(-c2cccc3[cH-]c(CC45CCC(CC4)C5)cc23)cc1.Cl.Cl.[CH2-]CC(F)(F)F.[CH3-].[Si]=[Zr]. The Morgan fingerprint density at radius 1 is 0.623 bits per heavy atom. The molecule has 4 bridgehead atoms. The van der Waals surface area contributed by atoms with E-state index in [2.05, 4.69) is 137 Å². The second-order valence-corrected chi connectivity index (χ2v) is 18.0. The van der Waals surface area contributed by atoms with Gasteiger partial charge in [-0.25, -0.2) is 0 Å². The Kier molecular flexibility index (Phi) is 18.9. The van der Waals surface area contributed by atoms with Crippen molar-refractivity contribution < 1.29 is 36.5 Å². The Labute approximate surface area is 394 Å². The number of hydrogen-bond donors (Lipinski definition) is 0. The van der Waals surface area contributed by atoms with Crippen molar-refractivity contribution in [1.82, 2.24) is 0 Å². The minimum absolute atomic E-state index is 0. The van der Waals surface area contributed by atoms with Crippen LogP contribution in [0.2, 0.25) is 0 Å². The van der Waals surface area contributed by atoms with Gasteiger partial charge < -0.3 is 14.4 Å². The first-order chi connectivity index (χ1) is 28.1. The Morgan fingerprint density at radius 3 is 1.25 bits per heavy atom. The van der Waals surface area contributed by atoms with Gasteiger partial charge in [-0.2, -0.15) is 25.3 Å². The zero-order chi connectivity index (χ0) is 40.9. The van der Waals surface area contributed by atoms with E-state index >= 15 is 0 Å². The Hall–Kier alpha value is -2.43. The van der Waals surface area contributed by atoms with Crippen LogP contribution in [0.1, 0.15) is 107 Å². The van der Waals surface area contributed by atoms with Gasteiger partial charge in [0.1, 0.15) is 0 Å². The standard InChI is InChI=1S/2C25H27.C3H4F3.CH3.2ClH.Si.Zr/c2*1-2-18-6-8-21(9-7-18)23-5-3-4-22-14-20(15-24(22)23)17-25-12-10-19(16-25)11-13-25;1-2-3(4,5)6;;;;;/h2*3-9,14-15,19H,2,10-13,16-17H2,1H3;1-2H2;1H3;2*1H;;/q4*-1;;;;. The van der Waals surface area contributed by atoms with Crippen LogP contribution in [-0.4, -0.2) is 13.1 Å². The van der Waals surface area contributed by atoms with Gasteiger partial charge in [0.15, 0.2) is 0 Å². The summed E-state index contributed by atoms with van der Waals surface area (Å²) in [5.41, 5.74) is 12.7. The van der Waals surface area contributed by atoms with Crippen LogP contribution in [0, 0.1) is 37.0 Å². The third-order valence-corrected chi connectivity index (χ3v) is 14.2. The van der Waals surface area contributed by atoms with E-state index in [1.165, 1.54) is 155 Å².